The van der Waals surface area contributed by atoms with Crippen LogP contribution >= 0.6 is 27.7 Å². The maximum Gasteiger partial charge on any atom is 0.150 e. The van der Waals surface area contributed by atoms with Gasteiger partial charge < -0.3 is 0 Å². The summed E-state index contributed by atoms with van der Waals surface area (Å²) in [5.41, 5.74) is 1.29. The Bertz CT molecular complexity index is 571. The van der Waals surface area contributed by atoms with Crippen molar-refractivity contribution < 1.29 is 9.18 Å². The van der Waals surface area contributed by atoms with Crippen LogP contribution in [0.3, 0.4) is 0 Å². The summed E-state index contributed by atoms with van der Waals surface area (Å²) >= 11 is 4.73. The van der Waals surface area contributed by atoms with E-state index in [0.29, 0.717) is 16.9 Å². The third kappa shape index (κ3) is 3.43. The fourth-order valence-corrected chi connectivity index (χ4v) is 2.76. The number of carbonyl (C=O) groups is 1. The highest BCUT2D eigenvalue weighted by atomic mass is 79.9. The molecule has 0 aliphatic rings. The molecule has 2 aromatic rings. The lowest BCUT2D eigenvalue weighted by Crippen LogP contribution is -1.88. The van der Waals surface area contributed by atoms with Gasteiger partial charge in [-0.1, -0.05) is 34.1 Å². The Labute approximate surface area is 118 Å². The molecule has 0 saturated heterocycles. The van der Waals surface area contributed by atoms with Crippen molar-refractivity contribution in [3.05, 3.63) is 63.9 Å². The maximum absolute atomic E-state index is 13.6. The molecular formula is C14H10BrFOS. The summed E-state index contributed by atoms with van der Waals surface area (Å²) in [5, 5.41) is 0. The van der Waals surface area contributed by atoms with Gasteiger partial charge in [-0.05, 0) is 29.8 Å². The number of rotatable bonds is 4. The van der Waals surface area contributed by atoms with Gasteiger partial charge in [0.1, 0.15) is 12.1 Å². The summed E-state index contributed by atoms with van der Waals surface area (Å²) in [5.74, 6) is 0.324. The Morgan fingerprint density at radius 2 is 2.06 bits per heavy atom. The van der Waals surface area contributed by atoms with Crippen LogP contribution in [0, 0.1) is 5.82 Å². The fourth-order valence-electron chi connectivity index (χ4n) is 1.48. The van der Waals surface area contributed by atoms with E-state index >= 15 is 0 Å². The second-order valence-corrected chi connectivity index (χ2v) is 5.68. The molecule has 92 valence electrons. The van der Waals surface area contributed by atoms with Gasteiger partial charge in [0, 0.05) is 20.7 Å². The first-order valence-electron chi connectivity index (χ1n) is 5.31. The van der Waals surface area contributed by atoms with Crippen molar-refractivity contribution in [1.29, 1.82) is 0 Å². The molecule has 2 aromatic carbocycles. The average Bonchev–Trinajstić information content (AvgIpc) is 2.38. The molecule has 0 fully saturated rings. The number of aldehydes is 1. The highest BCUT2D eigenvalue weighted by Gasteiger charge is 2.04. The summed E-state index contributed by atoms with van der Waals surface area (Å²) in [6.45, 7) is 0. The van der Waals surface area contributed by atoms with Gasteiger partial charge in [0.05, 0.1) is 0 Å². The standard InChI is InChI=1S/C14H10BrFOS/c15-12-5-4-11(14(16)7-12)9-18-13-3-1-2-10(6-13)8-17/h1-8H,9H2. The minimum absolute atomic E-state index is 0.219. The van der Waals surface area contributed by atoms with Gasteiger partial charge in [-0.15, -0.1) is 11.8 Å². The molecule has 0 bridgehead atoms. The monoisotopic (exact) mass is 324 g/mol. The smallest absolute Gasteiger partial charge is 0.150 e. The second kappa shape index (κ2) is 6.16. The molecule has 0 atom stereocenters. The summed E-state index contributed by atoms with van der Waals surface area (Å²) in [7, 11) is 0. The molecular weight excluding hydrogens is 315 g/mol. The van der Waals surface area contributed by atoms with E-state index in [0.717, 1.165) is 15.7 Å². The van der Waals surface area contributed by atoms with Crippen molar-refractivity contribution in [3.8, 4) is 0 Å². The highest BCUT2D eigenvalue weighted by Crippen LogP contribution is 2.25. The van der Waals surface area contributed by atoms with Crippen LogP contribution in [0.25, 0.3) is 0 Å². The van der Waals surface area contributed by atoms with Gasteiger partial charge in [-0.2, -0.15) is 0 Å². The van der Waals surface area contributed by atoms with Crippen LogP contribution < -0.4 is 0 Å². The van der Waals surface area contributed by atoms with Crippen molar-refractivity contribution in [3.63, 3.8) is 0 Å². The predicted octanol–water partition coefficient (Wildman–Crippen LogP) is 4.69. The van der Waals surface area contributed by atoms with E-state index in [1.54, 1.807) is 18.2 Å². The SMILES string of the molecule is O=Cc1cccc(SCc2ccc(Br)cc2F)c1. The van der Waals surface area contributed by atoms with E-state index in [-0.39, 0.29) is 5.82 Å². The van der Waals surface area contributed by atoms with Crippen LogP contribution in [0.15, 0.2) is 51.8 Å². The minimum Gasteiger partial charge on any atom is -0.298 e. The number of thioether (sulfide) groups is 1. The molecule has 0 spiro atoms. The van der Waals surface area contributed by atoms with Crippen LogP contribution in [-0.2, 0) is 5.75 Å². The molecule has 4 heteroatoms. The molecule has 18 heavy (non-hydrogen) atoms. The molecule has 0 N–H and O–H groups in total. The van der Waals surface area contributed by atoms with Gasteiger partial charge in [0.15, 0.2) is 0 Å². The quantitative estimate of drug-likeness (QED) is 0.599. The van der Waals surface area contributed by atoms with Crippen molar-refractivity contribution in [2.24, 2.45) is 0 Å². The van der Waals surface area contributed by atoms with Gasteiger partial charge in [0.25, 0.3) is 0 Å². The van der Waals surface area contributed by atoms with Crippen LogP contribution in [0.1, 0.15) is 15.9 Å². The van der Waals surface area contributed by atoms with E-state index < -0.39 is 0 Å². The molecule has 0 radical (unpaired) electrons. The zero-order chi connectivity index (χ0) is 13.0. The zero-order valence-electron chi connectivity index (χ0n) is 9.40. The Kier molecular flexibility index (Phi) is 4.55. The molecule has 2 rings (SSSR count). The Morgan fingerprint density at radius 1 is 1.22 bits per heavy atom. The number of halogens is 2. The predicted molar refractivity (Wildman–Crippen MR) is 75.5 cm³/mol. The van der Waals surface area contributed by atoms with Crippen LogP contribution in [0.5, 0.6) is 0 Å². The van der Waals surface area contributed by atoms with Crippen molar-refractivity contribution >= 4 is 34.0 Å². The summed E-state index contributed by atoms with van der Waals surface area (Å²) in [6, 6.07) is 12.3. The lowest BCUT2D eigenvalue weighted by molar-refractivity contribution is 0.112. The first-order valence-corrected chi connectivity index (χ1v) is 7.09. The molecule has 0 aliphatic carbocycles. The van der Waals surface area contributed by atoms with Crippen LogP contribution in [0.4, 0.5) is 4.39 Å². The topological polar surface area (TPSA) is 17.1 Å². The van der Waals surface area contributed by atoms with Crippen LogP contribution in [-0.4, -0.2) is 6.29 Å². The molecule has 0 amide bonds. The van der Waals surface area contributed by atoms with Gasteiger partial charge in [-0.3, -0.25) is 4.79 Å². The maximum atomic E-state index is 13.6. The van der Waals surface area contributed by atoms with Crippen molar-refractivity contribution in [1.82, 2.24) is 0 Å². The first kappa shape index (κ1) is 13.3. The highest BCUT2D eigenvalue weighted by molar-refractivity contribution is 9.10. The van der Waals surface area contributed by atoms with Crippen molar-refractivity contribution in [2.45, 2.75) is 10.6 Å². The average molecular weight is 325 g/mol. The van der Waals surface area contributed by atoms with Gasteiger partial charge in [-0.25, -0.2) is 4.39 Å². The van der Waals surface area contributed by atoms with E-state index in [1.165, 1.54) is 17.8 Å². The Hall–Kier alpha value is -1.13. The lowest BCUT2D eigenvalue weighted by Gasteiger charge is -2.04. The number of hydrogen-bond acceptors (Lipinski definition) is 2. The first-order chi connectivity index (χ1) is 8.69. The second-order valence-electron chi connectivity index (χ2n) is 3.71. The lowest BCUT2D eigenvalue weighted by atomic mass is 10.2. The molecule has 0 aliphatic heterocycles. The molecule has 0 heterocycles. The molecule has 1 nitrogen and oxygen atoms in total. The van der Waals surface area contributed by atoms with E-state index in [1.807, 2.05) is 18.2 Å². The minimum atomic E-state index is -0.219. The van der Waals surface area contributed by atoms with Crippen molar-refractivity contribution in [2.75, 3.05) is 0 Å². The Morgan fingerprint density at radius 3 is 2.78 bits per heavy atom. The van der Waals surface area contributed by atoms with Gasteiger partial charge in [0.2, 0.25) is 0 Å². The number of hydrogen-bond donors (Lipinski definition) is 0. The largest absolute Gasteiger partial charge is 0.298 e. The molecule has 0 saturated carbocycles. The Balaban J connectivity index is 2.08. The summed E-state index contributed by atoms with van der Waals surface area (Å²) in [6.07, 6.45) is 0.810. The third-order valence-corrected chi connectivity index (χ3v) is 3.94. The summed E-state index contributed by atoms with van der Waals surface area (Å²) in [4.78, 5) is 11.6. The van der Waals surface area contributed by atoms with E-state index in [4.69, 9.17) is 0 Å². The van der Waals surface area contributed by atoms with E-state index in [9.17, 15) is 9.18 Å². The number of carbonyl (C=O) groups excluding carboxylic acids is 1. The number of benzene rings is 2. The molecule has 0 unspecified atom stereocenters. The zero-order valence-corrected chi connectivity index (χ0v) is 11.8. The van der Waals surface area contributed by atoms with Crippen LogP contribution in [0.2, 0.25) is 0 Å². The van der Waals surface area contributed by atoms with E-state index in [2.05, 4.69) is 15.9 Å². The third-order valence-electron chi connectivity index (χ3n) is 2.40. The summed E-state index contributed by atoms with van der Waals surface area (Å²) < 4.78 is 14.3. The van der Waals surface area contributed by atoms with Gasteiger partial charge >= 0.3 is 0 Å². The normalized spacial score (nSPS) is 10.3. The molecule has 0 aromatic heterocycles. The fraction of sp³-hybridized carbons (Fsp3) is 0.0714.